The molecule has 0 amide bonds. The minimum Gasteiger partial charge on any atom is -0.247 e. The molecule has 3 nitrogen and oxygen atoms in total. The smallest absolute Gasteiger partial charge is 0.0883 e. The highest BCUT2D eigenvalue weighted by molar-refractivity contribution is 5.11. The first kappa shape index (κ1) is 19.2. The van der Waals surface area contributed by atoms with Crippen molar-refractivity contribution in [2.45, 2.75) is 99.5 Å². The second-order valence-corrected chi connectivity index (χ2v) is 10.2. The van der Waals surface area contributed by atoms with Crippen LogP contribution in [0.1, 0.15) is 94.2 Å². The summed E-state index contributed by atoms with van der Waals surface area (Å²) < 4.78 is 2.06. The maximum Gasteiger partial charge on any atom is 0.0883 e. The van der Waals surface area contributed by atoms with Gasteiger partial charge in [-0.2, -0.15) is 0 Å². The molecule has 0 bridgehead atoms. The zero-order valence-electron chi connectivity index (χ0n) is 16.5. The van der Waals surface area contributed by atoms with Crippen molar-refractivity contribution in [3.63, 3.8) is 0 Å². The normalized spacial score (nSPS) is 14.5. The third kappa shape index (κ3) is 5.10. The van der Waals surface area contributed by atoms with Crippen molar-refractivity contribution in [3.05, 3.63) is 11.9 Å². The van der Waals surface area contributed by atoms with Gasteiger partial charge in [0.2, 0.25) is 0 Å². The number of aromatic nitrogens is 3. The second kappa shape index (κ2) is 5.98. The van der Waals surface area contributed by atoms with E-state index in [0.717, 1.165) is 18.5 Å². The van der Waals surface area contributed by atoms with Crippen LogP contribution in [0.3, 0.4) is 0 Å². The van der Waals surface area contributed by atoms with E-state index < -0.39 is 0 Å². The van der Waals surface area contributed by atoms with Gasteiger partial charge in [0.1, 0.15) is 0 Å². The Morgan fingerprint density at radius 2 is 1.45 bits per heavy atom. The summed E-state index contributed by atoms with van der Waals surface area (Å²) in [6.07, 6.45) is 5.54. The molecule has 0 unspecified atom stereocenters. The van der Waals surface area contributed by atoms with Gasteiger partial charge in [0, 0.05) is 11.6 Å². The van der Waals surface area contributed by atoms with Crippen molar-refractivity contribution in [3.8, 4) is 0 Å². The van der Waals surface area contributed by atoms with Crippen LogP contribution in [0.5, 0.6) is 0 Å². The average Bonchev–Trinajstić information content (AvgIpc) is 2.74. The zero-order chi connectivity index (χ0) is 17.4. The molecule has 0 aliphatic heterocycles. The molecular weight excluding hydrogens is 270 g/mol. The van der Waals surface area contributed by atoms with Crippen molar-refractivity contribution in [1.82, 2.24) is 15.0 Å². The summed E-state index contributed by atoms with van der Waals surface area (Å²) in [4.78, 5) is 0. The summed E-state index contributed by atoms with van der Waals surface area (Å²) >= 11 is 0. The minimum absolute atomic E-state index is 0.0140. The first-order chi connectivity index (χ1) is 9.69. The summed E-state index contributed by atoms with van der Waals surface area (Å²) in [5, 5.41) is 8.98. The van der Waals surface area contributed by atoms with Crippen molar-refractivity contribution < 1.29 is 0 Å². The Kier molecular flexibility index (Phi) is 5.21. The van der Waals surface area contributed by atoms with E-state index >= 15 is 0 Å². The first-order valence-corrected chi connectivity index (χ1v) is 8.62. The Hall–Kier alpha value is -0.860. The summed E-state index contributed by atoms with van der Waals surface area (Å²) in [5.74, 6) is 0. The zero-order valence-corrected chi connectivity index (χ0v) is 16.5. The van der Waals surface area contributed by atoms with Crippen LogP contribution in [0, 0.1) is 10.8 Å². The van der Waals surface area contributed by atoms with Gasteiger partial charge < -0.3 is 0 Å². The lowest BCUT2D eigenvalue weighted by molar-refractivity contribution is 0.195. The van der Waals surface area contributed by atoms with Crippen LogP contribution in [0.2, 0.25) is 0 Å². The molecule has 0 radical (unpaired) electrons. The molecule has 0 aliphatic rings. The van der Waals surface area contributed by atoms with E-state index in [1.54, 1.807) is 0 Å². The highest BCUT2D eigenvalue weighted by atomic mass is 15.4. The van der Waals surface area contributed by atoms with Crippen LogP contribution in [0.25, 0.3) is 0 Å². The van der Waals surface area contributed by atoms with Crippen LogP contribution in [-0.2, 0) is 11.0 Å². The van der Waals surface area contributed by atoms with Crippen molar-refractivity contribution >= 4 is 0 Å². The Balaban J connectivity index is 3.00. The maximum atomic E-state index is 4.52. The molecule has 0 saturated carbocycles. The molecule has 3 heteroatoms. The van der Waals surface area contributed by atoms with Crippen molar-refractivity contribution in [1.29, 1.82) is 0 Å². The highest BCUT2D eigenvalue weighted by Gasteiger charge is 2.34. The summed E-state index contributed by atoms with van der Waals surface area (Å²) in [7, 11) is 0. The average molecular weight is 308 g/mol. The van der Waals surface area contributed by atoms with Crippen molar-refractivity contribution in [2.75, 3.05) is 0 Å². The van der Waals surface area contributed by atoms with Crippen LogP contribution in [-0.4, -0.2) is 15.0 Å². The van der Waals surface area contributed by atoms with E-state index in [2.05, 4.69) is 90.4 Å². The molecule has 1 aromatic heterocycles. The fourth-order valence-electron chi connectivity index (χ4n) is 3.66. The monoisotopic (exact) mass is 307 g/mol. The lowest BCUT2D eigenvalue weighted by Gasteiger charge is -2.33. The molecule has 1 aromatic rings. The highest BCUT2D eigenvalue weighted by Crippen LogP contribution is 2.38. The van der Waals surface area contributed by atoms with E-state index in [1.807, 2.05) is 0 Å². The van der Waals surface area contributed by atoms with E-state index in [-0.39, 0.29) is 16.4 Å². The largest absolute Gasteiger partial charge is 0.247 e. The molecule has 0 aliphatic carbocycles. The number of nitrogens with zero attached hydrogens (tertiary/aromatic N) is 3. The predicted molar refractivity (Wildman–Crippen MR) is 95.1 cm³/mol. The summed E-state index contributed by atoms with van der Waals surface area (Å²) in [6, 6.07) is 0. The van der Waals surface area contributed by atoms with Gasteiger partial charge in [-0.3, -0.25) is 0 Å². The fourth-order valence-corrected chi connectivity index (χ4v) is 3.66. The second-order valence-electron chi connectivity index (χ2n) is 10.2. The molecule has 0 spiro atoms. The molecule has 22 heavy (non-hydrogen) atoms. The maximum absolute atomic E-state index is 4.52. The van der Waals surface area contributed by atoms with E-state index in [4.69, 9.17) is 0 Å². The quantitative estimate of drug-likeness (QED) is 0.689. The standard InChI is InChI=1S/C19H37N3/c1-11-17(5,6)14-18(7,8)15-12-22(21-20-15)19(9,10)13-16(2,3)4/h12H,11,13-14H2,1-10H3. The van der Waals surface area contributed by atoms with E-state index in [9.17, 15) is 0 Å². The molecule has 0 aromatic carbocycles. The van der Waals surface area contributed by atoms with E-state index in [0.29, 0.717) is 5.41 Å². The summed E-state index contributed by atoms with van der Waals surface area (Å²) in [5.41, 5.74) is 1.75. The van der Waals surface area contributed by atoms with Crippen molar-refractivity contribution in [2.24, 2.45) is 10.8 Å². The summed E-state index contributed by atoms with van der Waals surface area (Å²) in [6.45, 7) is 22.8. The topological polar surface area (TPSA) is 30.7 Å². The Bertz CT molecular complexity index is 487. The Labute approximate surface area is 137 Å². The fraction of sp³-hybridized carbons (Fsp3) is 0.895. The number of hydrogen-bond acceptors (Lipinski definition) is 2. The number of rotatable bonds is 6. The van der Waals surface area contributed by atoms with Gasteiger partial charge in [-0.1, -0.05) is 67.0 Å². The molecule has 1 heterocycles. The van der Waals surface area contributed by atoms with E-state index in [1.165, 1.54) is 6.42 Å². The molecular formula is C19H37N3. The molecule has 0 N–H and O–H groups in total. The van der Waals surface area contributed by atoms with Gasteiger partial charge in [0.15, 0.2) is 0 Å². The molecule has 1 rings (SSSR count). The Morgan fingerprint density at radius 1 is 0.909 bits per heavy atom. The van der Waals surface area contributed by atoms with Gasteiger partial charge in [-0.15, -0.1) is 5.10 Å². The minimum atomic E-state index is -0.0140. The lowest BCUT2D eigenvalue weighted by Crippen LogP contribution is -2.32. The third-order valence-electron chi connectivity index (χ3n) is 4.65. The van der Waals surface area contributed by atoms with Gasteiger partial charge in [0.05, 0.1) is 11.2 Å². The molecule has 128 valence electrons. The third-order valence-corrected chi connectivity index (χ3v) is 4.65. The molecule has 0 fully saturated rings. The van der Waals surface area contributed by atoms with Gasteiger partial charge >= 0.3 is 0 Å². The molecule has 0 atom stereocenters. The first-order valence-electron chi connectivity index (χ1n) is 8.62. The Morgan fingerprint density at radius 3 is 1.91 bits per heavy atom. The van der Waals surface area contributed by atoms with Gasteiger partial charge in [-0.05, 0) is 37.5 Å². The van der Waals surface area contributed by atoms with Crippen LogP contribution >= 0.6 is 0 Å². The van der Waals surface area contributed by atoms with Crippen LogP contribution in [0.4, 0.5) is 0 Å². The van der Waals surface area contributed by atoms with Crippen LogP contribution < -0.4 is 0 Å². The van der Waals surface area contributed by atoms with Crippen LogP contribution in [0.15, 0.2) is 6.20 Å². The predicted octanol–water partition coefficient (Wildman–Crippen LogP) is 5.55. The molecule has 0 saturated heterocycles. The van der Waals surface area contributed by atoms with Gasteiger partial charge in [0.25, 0.3) is 0 Å². The lowest BCUT2D eigenvalue weighted by atomic mass is 9.72. The number of hydrogen-bond donors (Lipinski definition) is 0. The SMILES string of the molecule is CCC(C)(C)CC(C)(C)c1cn(C(C)(C)CC(C)(C)C)nn1. The van der Waals surface area contributed by atoms with Gasteiger partial charge in [-0.25, -0.2) is 4.68 Å².